The lowest BCUT2D eigenvalue weighted by molar-refractivity contribution is -0.128. The number of H-pyrrole nitrogens is 1. The third-order valence-electron chi connectivity index (χ3n) is 6.60. The number of carbonyl (C=O) groups is 2. The quantitative estimate of drug-likeness (QED) is 0.590. The average molecular weight is 434 g/mol. The summed E-state index contributed by atoms with van der Waals surface area (Å²) in [6.07, 6.45) is 2.20. The van der Waals surface area contributed by atoms with Gasteiger partial charge < -0.3 is 14.5 Å². The largest absolute Gasteiger partial charge is 0.493 e. The third kappa shape index (κ3) is 2.87. The van der Waals surface area contributed by atoms with Gasteiger partial charge in [0.25, 0.3) is 5.91 Å². The number of methoxy groups -OCH3 is 2. The highest BCUT2D eigenvalue weighted by atomic mass is 16.5. The number of imide groups is 1. The summed E-state index contributed by atoms with van der Waals surface area (Å²) in [6, 6.07) is 12.5. The molecule has 0 spiro atoms. The number of para-hydroxylation sites is 2. The highest BCUT2D eigenvalue weighted by molar-refractivity contribution is 6.05. The number of fused-ring (bicyclic) bond motifs is 4. The number of carbonyl (C=O) groups excluding carboxylic acids is 2. The SMILES string of the molecule is CCCCN1C(=O)[C@@H]2Cc3c([nH]c4ccccc34)[C@@H](c3cccc(OC)c3OC)N2C1=O. The van der Waals surface area contributed by atoms with Gasteiger partial charge in [-0.3, -0.25) is 14.6 Å². The molecule has 166 valence electrons. The molecule has 3 aromatic rings. The number of urea groups is 1. The maximum absolute atomic E-state index is 13.6. The van der Waals surface area contributed by atoms with E-state index in [1.54, 1.807) is 19.1 Å². The summed E-state index contributed by atoms with van der Waals surface area (Å²) in [5.74, 6) is 1.04. The zero-order chi connectivity index (χ0) is 22.4. The highest BCUT2D eigenvalue weighted by Crippen LogP contribution is 2.47. The molecule has 0 unspecified atom stereocenters. The molecular formula is C25H27N3O4. The first-order chi connectivity index (χ1) is 15.6. The van der Waals surface area contributed by atoms with Gasteiger partial charge in [-0.05, 0) is 24.1 Å². The summed E-state index contributed by atoms with van der Waals surface area (Å²) in [5.41, 5.74) is 3.79. The van der Waals surface area contributed by atoms with Gasteiger partial charge in [0.05, 0.1) is 14.2 Å². The number of unbranched alkanes of at least 4 members (excludes halogenated alkanes) is 1. The molecule has 0 aliphatic carbocycles. The van der Waals surface area contributed by atoms with Crippen LogP contribution in [-0.2, 0) is 11.2 Å². The van der Waals surface area contributed by atoms with Crippen molar-refractivity contribution in [3.8, 4) is 11.5 Å². The van der Waals surface area contributed by atoms with Crippen LogP contribution in [0, 0.1) is 0 Å². The summed E-state index contributed by atoms with van der Waals surface area (Å²) >= 11 is 0. The van der Waals surface area contributed by atoms with Gasteiger partial charge in [0, 0.05) is 35.1 Å². The molecule has 3 amide bonds. The first-order valence-corrected chi connectivity index (χ1v) is 11.0. The number of nitrogens with one attached hydrogen (secondary N) is 1. The van der Waals surface area contributed by atoms with Crippen LogP contribution in [0.4, 0.5) is 4.79 Å². The van der Waals surface area contributed by atoms with E-state index in [-0.39, 0.29) is 11.9 Å². The maximum atomic E-state index is 13.6. The van der Waals surface area contributed by atoms with E-state index in [0.717, 1.165) is 40.6 Å². The predicted molar refractivity (Wildman–Crippen MR) is 121 cm³/mol. The van der Waals surface area contributed by atoms with Crippen LogP contribution in [0.2, 0.25) is 0 Å². The van der Waals surface area contributed by atoms with Gasteiger partial charge in [0.1, 0.15) is 12.1 Å². The number of nitrogens with zero attached hydrogens (tertiary/aromatic N) is 2. The molecule has 7 heteroatoms. The molecule has 0 saturated carbocycles. The average Bonchev–Trinajstić information content (AvgIpc) is 3.30. The number of amides is 3. The van der Waals surface area contributed by atoms with Crippen LogP contribution in [0.5, 0.6) is 11.5 Å². The second-order valence-corrected chi connectivity index (χ2v) is 8.30. The molecule has 5 rings (SSSR count). The third-order valence-corrected chi connectivity index (χ3v) is 6.60. The molecule has 3 heterocycles. The number of ether oxygens (including phenoxy) is 2. The summed E-state index contributed by atoms with van der Waals surface area (Å²) in [7, 11) is 3.19. The van der Waals surface area contributed by atoms with Gasteiger partial charge >= 0.3 is 6.03 Å². The Bertz CT molecular complexity index is 1200. The second-order valence-electron chi connectivity index (χ2n) is 8.30. The number of benzene rings is 2. The van der Waals surface area contributed by atoms with E-state index >= 15 is 0 Å². The molecule has 2 atom stereocenters. The van der Waals surface area contributed by atoms with E-state index in [4.69, 9.17) is 9.47 Å². The smallest absolute Gasteiger partial charge is 0.328 e. The number of aromatic amines is 1. The lowest BCUT2D eigenvalue weighted by Crippen LogP contribution is -2.44. The van der Waals surface area contributed by atoms with Crippen molar-refractivity contribution in [2.75, 3.05) is 20.8 Å². The second kappa shape index (κ2) is 7.89. The molecule has 1 N–H and O–H groups in total. The molecule has 2 aliphatic rings. The van der Waals surface area contributed by atoms with Crippen LogP contribution >= 0.6 is 0 Å². The van der Waals surface area contributed by atoms with Crippen molar-refractivity contribution < 1.29 is 19.1 Å². The van der Waals surface area contributed by atoms with Crippen molar-refractivity contribution in [2.45, 2.75) is 38.3 Å². The summed E-state index contributed by atoms with van der Waals surface area (Å²) in [4.78, 5) is 33.6. The van der Waals surface area contributed by atoms with Crippen molar-refractivity contribution >= 4 is 22.8 Å². The molecular weight excluding hydrogens is 406 g/mol. The molecule has 1 aromatic heterocycles. The van der Waals surface area contributed by atoms with Crippen LogP contribution in [0.1, 0.15) is 42.6 Å². The molecule has 0 radical (unpaired) electrons. The lowest BCUT2D eigenvalue weighted by atomic mass is 9.88. The summed E-state index contributed by atoms with van der Waals surface area (Å²) < 4.78 is 11.3. The fraction of sp³-hybridized carbons (Fsp3) is 0.360. The van der Waals surface area contributed by atoms with Gasteiger partial charge in [0.2, 0.25) is 0 Å². The minimum atomic E-state index is -0.535. The van der Waals surface area contributed by atoms with Gasteiger partial charge in [0.15, 0.2) is 11.5 Å². The molecule has 7 nitrogen and oxygen atoms in total. The van der Waals surface area contributed by atoms with Crippen LogP contribution in [0.15, 0.2) is 42.5 Å². The predicted octanol–water partition coefficient (Wildman–Crippen LogP) is 4.26. The minimum absolute atomic E-state index is 0.119. The number of aromatic nitrogens is 1. The monoisotopic (exact) mass is 433 g/mol. The molecule has 0 bridgehead atoms. The fourth-order valence-corrected chi connectivity index (χ4v) is 5.10. The first kappa shape index (κ1) is 20.4. The standard InChI is InChI=1S/C25H27N3O4/c1-4-5-13-27-24(29)19-14-17-15-9-6-7-11-18(15)26-21(17)22(28(19)25(27)30)16-10-8-12-20(31-2)23(16)32-3/h6-12,19,22,26H,4-5,13-14H2,1-3H3/t19-,22+/m0/s1. The lowest BCUT2D eigenvalue weighted by Gasteiger charge is -2.36. The Balaban J connectivity index is 1.73. The summed E-state index contributed by atoms with van der Waals surface area (Å²) in [5, 5.41) is 1.08. The molecule has 1 saturated heterocycles. The van der Waals surface area contributed by atoms with Gasteiger partial charge in [-0.15, -0.1) is 0 Å². The van der Waals surface area contributed by atoms with Crippen molar-refractivity contribution in [3.63, 3.8) is 0 Å². The maximum Gasteiger partial charge on any atom is 0.328 e. The van der Waals surface area contributed by atoms with Crippen molar-refractivity contribution in [2.24, 2.45) is 0 Å². The Hall–Kier alpha value is -3.48. The van der Waals surface area contributed by atoms with Gasteiger partial charge in [-0.25, -0.2) is 4.79 Å². The van der Waals surface area contributed by atoms with Crippen molar-refractivity contribution in [1.29, 1.82) is 0 Å². The number of rotatable bonds is 6. The van der Waals surface area contributed by atoms with Gasteiger partial charge in [-0.2, -0.15) is 0 Å². The van der Waals surface area contributed by atoms with Crippen molar-refractivity contribution in [3.05, 3.63) is 59.3 Å². The minimum Gasteiger partial charge on any atom is -0.493 e. The van der Waals surface area contributed by atoms with Crippen molar-refractivity contribution in [1.82, 2.24) is 14.8 Å². The Morgan fingerprint density at radius 3 is 2.62 bits per heavy atom. The van der Waals surface area contributed by atoms with E-state index < -0.39 is 12.1 Å². The van der Waals surface area contributed by atoms with E-state index in [1.807, 2.05) is 36.4 Å². The van der Waals surface area contributed by atoms with E-state index in [9.17, 15) is 9.59 Å². The Kier molecular flexibility index (Phi) is 5.04. The van der Waals surface area contributed by atoms with Crippen LogP contribution in [-0.4, -0.2) is 53.5 Å². The Morgan fingerprint density at radius 2 is 1.88 bits per heavy atom. The van der Waals surface area contributed by atoms with Crippen LogP contribution in [0.3, 0.4) is 0 Å². The molecule has 2 aliphatic heterocycles. The molecule has 2 aromatic carbocycles. The van der Waals surface area contributed by atoms with E-state index in [2.05, 4.69) is 18.0 Å². The molecule has 1 fully saturated rings. The Labute approximate surface area is 186 Å². The summed E-state index contributed by atoms with van der Waals surface area (Å²) in [6.45, 7) is 2.50. The van der Waals surface area contributed by atoms with Crippen LogP contribution < -0.4 is 9.47 Å². The highest BCUT2D eigenvalue weighted by Gasteiger charge is 2.52. The normalized spacial score (nSPS) is 20.0. The topological polar surface area (TPSA) is 74.9 Å². The zero-order valence-corrected chi connectivity index (χ0v) is 18.6. The Morgan fingerprint density at radius 1 is 1.06 bits per heavy atom. The zero-order valence-electron chi connectivity index (χ0n) is 18.6. The number of hydrogen-bond donors (Lipinski definition) is 1. The van der Waals surface area contributed by atoms with E-state index in [0.29, 0.717) is 24.5 Å². The molecule has 32 heavy (non-hydrogen) atoms. The van der Waals surface area contributed by atoms with Crippen LogP contribution in [0.25, 0.3) is 10.9 Å². The number of hydrogen-bond acceptors (Lipinski definition) is 4. The first-order valence-electron chi connectivity index (χ1n) is 11.0. The van der Waals surface area contributed by atoms with Gasteiger partial charge in [-0.1, -0.05) is 43.7 Å². The fourth-order valence-electron chi connectivity index (χ4n) is 5.10. The van der Waals surface area contributed by atoms with E-state index in [1.165, 1.54) is 4.90 Å².